The normalized spacial score (nSPS) is 11.2. The fraction of sp³-hybridized carbons (Fsp3) is 0.231. The maximum absolute atomic E-state index is 9.37. The summed E-state index contributed by atoms with van der Waals surface area (Å²) in [6, 6.07) is 7.98. The van der Waals surface area contributed by atoms with E-state index in [2.05, 4.69) is 10.3 Å². The van der Waals surface area contributed by atoms with Crippen LogP contribution in [0.5, 0.6) is 0 Å². The highest BCUT2D eigenvalue weighted by Gasteiger charge is 2.11. The van der Waals surface area contributed by atoms with Crippen molar-refractivity contribution in [1.29, 1.82) is 0 Å². The monoisotopic (exact) mass is 243 g/mol. The van der Waals surface area contributed by atoms with Crippen LogP contribution in [0, 0.1) is 6.92 Å². The minimum atomic E-state index is 0.0313. The number of hydrogen-bond acceptors (Lipinski definition) is 4. The number of aliphatic hydroxyl groups is 1. The average molecular weight is 243 g/mol. The van der Waals surface area contributed by atoms with Gasteiger partial charge in [-0.1, -0.05) is 28.5 Å². The molecule has 1 aromatic carbocycles. The summed E-state index contributed by atoms with van der Waals surface area (Å²) in [5, 5.41) is 18.1. The second kappa shape index (κ2) is 4.27. The van der Waals surface area contributed by atoms with E-state index >= 15 is 0 Å². The van der Waals surface area contributed by atoms with Gasteiger partial charge in [0.2, 0.25) is 0 Å². The van der Waals surface area contributed by atoms with Gasteiger partial charge in [0.1, 0.15) is 11.4 Å². The number of nitrogens with zero attached hydrogens (tertiary/aromatic N) is 3. The first-order chi connectivity index (χ1) is 8.79. The summed E-state index contributed by atoms with van der Waals surface area (Å²) >= 11 is 0. The molecule has 0 bridgehead atoms. The molecule has 0 spiro atoms. The predicted octanol–water partition coefficient (Wildman–Crippen LogP) is 1.87. The number of aromatic nitrogens is 3. The van der Waals surface area contributed by atoms with Crippen molar-refractivity contribution in [1.82, 2.24) is 14.9 Å². The van der Waals surface area contributed by atoms with Crippen LogP contribution in [0.4, 0.5) is 0 Å². The molecule has 0 aliphatic heterocycles. The van der Waals surface area contributed by atoms with Crippen LogP contribution < -0.4 is 0 Å². The van der Waals surface area contributed by atoms with E-state index < -0.39 is 0 Å². The van der Waals surface area contributed by atoms with Gasteiger partial charge in [0.15, 0.2) is 0 Å². The molecule has 2 aromatic heterocycles. The molecule has 18 heavy (non-hydrogen) atoms. The Morgan fingerprint density at radius 3 is 2.83 bits per heavy atom. The summed E-state index contributed by atoms with van der Waals surface area (Å²) in [4.78, 5) is 0. The van der Waals surface area contributed by atoms with E-state index in [1.54, 1.807) is 0 Å². The Hall–Kier alpha value is -2.14. The van der Waals surface area contributed by atoms with Crippen LogP contribution in [0.2, 0.25) is 0 Å². The topological polar surface area (TPSA) is 64.1 Å². The third-order valence-corrected chi connectivity index (χ3v) is 3.11. The molecule has 3 rings (SSSR count). The molecular formula is C13H13N3O2. The molecule has 0 radical (unpaired) electrons. The summed E-state index contributed by atoms with van der Waals surface area (Å²) in [5.41, 5.74) is 3.59. The lowest BCUT2D eigenvalue weighted by atomic mass is 10.2. The molecular weight excluding hydrogens is 230 g/mol. The van der Waals surface area contributed by atoms with Crippen molar-refractivity contribution in [2.75, 3.05) is 0 Å². The van der Waals surface area contributed by atoms with Crippen molar-refractivity contribution in [2.45, 2.75) is 20.1 Å². The highest BCUT2D eigenvalue weighted by Crippen LogP contribution is 2.22. The van der Waals surface area contributed by atoms with Gasteiger partial charge in [-0.2, -0.15) is 0 Å². The van der Waals surface area contributed by atoms with Gasteiger partial charge in [0, 0.05) is 22.7 Å². The Morgan fingerprint density at radius 1 is 1.28 bits per heavy atom. The zero-order valence-electron chi connectivity index (χ0n) is 10.00. The Bertz CT molecular complexity index is 684. The van der Waals surface area contributed by atoms with Crippen molar-refractivity contribution >= 4 is 10.9 Å². The van der Waals surface area contributed by atoms with Crippen LogP contribution in [0.15, 0.2) is 35.1 Å². The molecule has 2 heterocycles. The quantitative estimate of drug-likeness (QED) is 0.762. The van der Waals surface area contributed by atoms with Crippen molar-refractivity contribution in [3.8, 4) is 0 Å². The summed E-state index contributed by atoms with van der Waals surface area (Å²) in [6.07, 6.45) is 1.94. The lowest BCUT2D eigenvalue weighted by Gasteiger charge is -2.01. The van der Waals surface area contributed by atoms with Gasteiger partial charge in [-0.05, 0) is 13.0 Å². The first kappa shape index (κ1) is 11.0. The number of hydrogen-bond donors (Lipinski definition) is 1. The van der Waals surface area contributed by atoms with Crippen LogP contribution in [0.1, 0.15) is 17.0 Å². The van der Waals surface area contributed by atoms with E-state index in [9.17, 15) is 5.11 Å². The highest BCUT2D eigenvalue weighted by atomic mass is 16.6. The molecule has 5 heteroatoms. The number of fused-ring (bicyclic) bond motifs is 1. The summed E-state index contributed by atoms with van der Waals surface area (Å²) < 4.78 is 6.75. The van der Waals surface area contributed by atoms with E-state index in [0.717, 1.165) is 27.9 Å². The van der Waals surface area contributed by atoms with Crippen LogP contribution in [0.25, 0.3) is 10.9 Å². The van der Waals surface area contributed by atoms with Crippen LogP contribution in [-0.4, -0.2) is 20.0 Å². The van der Waals surface area contributed by atoms with Gasteiger partial charge in [-0.15, -0.1) is 0 Å². The van der Waals surface area contributed by atoms with E-state index in [-0.39, 0.29) is 6.61 Å². The molecule has 0 atom stereocenters. The molecule has 0 saturated heterocycles. The van der Waals surface area contributed by atoms with Crippen molar-refractivity contribution in [3.05, 3.63) is 47.4 Å². The lowest BCUT2D eigenvalue weighted by molar-refractivity contribution is 0.283. The summed E-state index contributed by atoms with van der Waals surface area (Å²) in [5.74, 6) is 0. The SMILES string of the molecule is Cc1nonc1Cn1cc(CO)c2ccccc21. The fourth-order valence-electron chi connectivity index (χ4n) is 2.13. The van der Waals surface area contributed by atoms with Gasteiger partial charge in [0.25, 0.3) is 0 Å². The number of aryl methyl sites for hydroxylation is 1. The second-order valence-electron chi connectivity index (χ2n) is 4.25. The first-order valence-corrected chi connectivity index (χ1v) is 5.75. The largest absolute Gasteiger partial charge is 0.392 e. The van der Waals surface area contributed by atoms with Gasteiger partial charge in [0.05, 0.1) is 13.2 Å². The maximum Gasteiger partial charge on any atom is 0.127 e. The second-order valence-corrected chi connectivity index (χ2v) is 4.25. The van der Waals surface area contributed by atoms with Crippen molar-refractivity contribution < 1.29 is 9.74 Å². The molecule has 0 amide bonds. The Balaban J connectivity index is 2.09. The molecule has 92 valence electrons. The van der Waals surface area contributed by atoms with Crippen molar-refractivity contribution in [2.24, 2.45) is 0 Å². The predicted molar refractivity (Wildman–Crippen MR) is 66.0 cm³/mol. The Labute approximate surface area is 104 Å². The molecule has 0 fully saturated rings. The molecule has 5 nitrogen and oxygen atoms in total. The van der Waals surface area contributed by atoms with Gasteiger partial charge in [-0.3, -0.25) is 0 Å². The van der Waals surface area contributed by atoms with Gasteiger partial charge >= 0.3 is 0 Å². The molecule has 1 N–H and O–H groups in total. The zero-order chi connectivity index (χ0) is 12.5. The minimum Gasteiger partial charge on any atom is -0.392 e. The maximum atomic E-state index is 9.37. The fourth-order valence-corrected chi connectivity index (χ4v) is 2.13. The molecule has 0 aliphatic rings. The molecule has 0 saturated carbocycles. The van der Waals surface area contributed by atoms with Gasteiger partial charge in [-0.25, -0.2) is 4.63 Å². The van der Waals surface area contributed by atoms with Crippen LogP contribution in [0.3, 0.4) is 0 Å². The highest BCUT2D eigenvalue weighted by molar-refractivity contribution is 5.83. The van der Waals surface area contributed by atoms with E-state index in [4.69, 9.17) is 4.63 Å². The van der Waals surface area contributed by atoms with Gasteiger partial charge < -0.3 is 9.67 Å². The van der Waals surface area contributed by atoms with Crippen LogP contribution >= 0.6 is 0 Å². The lowest BCUT2D eigenvalue weighted by Crippen LogP contribution is -1.99. The van der Waals surface area contributed by atoms with E-state index in [1.165, 1.54) is 0 Å². The zero-order valence-corrected chi connectivity index (χ0v) is 10.00. The molecule has 3 aromatic rings. The third kappa shape index (κ3) is 1.69. The summed E-state index contributed by atoms with van der Waals surface area (Å²) in [7, 11) is 0. The number of aliphatic hydroxyl groups excluding tert-OH is 1. The molecule has 0 unspecified atom stereocenters. The minimum absolute atomic E-state index is 0.0313. The molecule has 0 aliphatic carbocycles. The number of para-hydroxylation sites is 1. The summed E-state index contributed by atoms with van der Waals surface area (Å²) in [6.45, 7) is 2.49. The number of benzene rings is 1. The average Bonchev–Trinajstić information content (AvgIpc) is 2.95. The number of rotatable bonds is 3. The smallest absolute Gasteiger partial charge is 0.127 e. The van der Waals surface area contributed by atoms with Crippen LogP contribution in [-0.2, 0) is 13.2 Å². The third-order valence-electron chi connectivity index (χ3n) is 3.11. The Morgan fingerprint density at radius 2 is 2.11 bits per heavy atom. The first-order valence-electron chi connectivity index (χ1n) is 5.75. The van der Waals surface area contributed by atoms with Crippen molar-refractivity contribution in [3.63, 3.8) is 0 Å². The van der Waals surface area contributed by atoms with E-state index in [1.807, 2.05) is 42.0 Å². The standard InChI is InChI=1S/C13H13N3O2/c1-9-12(15-18-14-9)7-16-6-10(8-17)11-4-2-3-5-13(11)16/h2-6,17H,7-8H2,1H3. The van der Waals surface area contributed by atoms with E-state index in [0.29, 0.717) is 6.54 Å². The Kier molecular flexibility index (Phi) is 2.60.